The van der Waals surface area contributed by atoms with Crippen LogP contribution in [0.15, 0.2) is 11.2 Å². The van der Waals surface area contributed by atoms with Gasteiger partial charge >= 0.3 is 0 Å². The van der Waals surface area contributed by atoms with Crippen LogP contribution in [0.3, 0.4) is 0 Å². The fraction of sp³-hybridized carbons (Fsp3) is 0.769. The van der Waals surface area contributed by atoms with Gasteiger partial charge in [0, 0.05) is 37.8 Å². The number of nitrogens with one attached hydrogen (secondary N) is 2. The molecule has 2 rings (SSSR count). The molecule has 0 saturated carbocycles. The Morgan fingerprint density at radius 3 is 2.90 bits per heavy atom. The molecule has 0 amide bonds. The maximum Gasteiger partial charge on any atom is 0.260 e. The van der Waals surface area contributed by atoms with E-state index in [0.29, 0.717) is 25.2 Å². The van der Waals surface area contributed by atoms with Gasteiger partial charge in [-0.1, -0.05) is 6.92 Å². The van der Waals surface area contributed by atoms with E-state index in [1.807, 2.05) is 14.0 Å². The number of nitrogens with zero attached hydrogens (tertiary/aromatic N) is 3. The fourth-order valence-corrected chi connectivity index (χ4v) is 4.03. The first kappa shape index (κ1) is 16.4. The minimum absolute atomic E-state index is 0.220. The first-order valence-corrected chi connectivity index (χ1v) is 8.84. The molecule has 0 radical (unpaired) electrons. The molecule has 21 heavy (non-hydrogen) atoms. The standard InChI is InChI=1S/C13H25N5O2S/c1-4-5-14-8-12-9-15-16-13(12)21(19,20)18-7-6-17(3)11(2)10-18/h9,11,14H,4-8,10H2,1-3H3,(H,15,16). The van der Waals surface area contributed by atoms with Crippen molar-refractivity contribution in [2.24, 2.45) is 0 Å². The molecule has 1 saturated heterocycles. The third kappa shape index (κ3) is 3.63. The molecule has 7 nitrogen and oxygen atoms in total. The lowest BCUT2D eigenvalue weighted by Gasteiger charge is -2.36. The molecular formula is C13H25N5O2S. The second-order valence-electron chi connectivity index (χ2n) is 5.59. The van der Waals surface area contributed by atoms with E-state index in [1.165, 1.54) is 0 Å². The Morgan fingerprint density at radius 2 is 2.24 bits per heavy atom. The van der Waals surface area contributed by atoms with Crippen molar-refractivity contribution in [2.45, 2.75) is 37.9 Å². The quantitative estimate of drug-likeness (QED) is 0.735. The molecule has 1 atom stereocenters. The summed E-state index contributed by atoms with van der Waals surface area (Å²) >= 11 is 0. The van der Waals surface area contributed by atoms with Gasteiger partial charge in [0.25, 0.3) is 10.0 Å². The van der Waals surface area contributed by atoms with Crippen LogP contribution >= 0.6 is 0 Å². The normalized spacial score (nSPS) is 21.8. The highest BCUT2D eigenvalue weighted by molar-refractivity contribution is 7.89. The zero-order valence-electron chi connectivity index (χ0n) is 13.0. The van der Waals surface area contributed by atoms with Crippen LogP contribution in [-0.4, -0.2) is 67.1 Å². The van der Waals surface area contributed by atoms with Gasteiger partial charge in [-0.05, 0) is 26.9 Å². The Morgan fingerprint density at radius 1 is 1.48 bits per heavy atom. The highest BCUT2D eigenvalue weighted by Crippen LogP contribution is 2.20. The van der Waals surface area contributed by atoms with E-state index in [1.54, 1.807) is 10.5 Å². The number of likely N-dealkylation sites (N-methyl/N-ethyl adjacent to an activating group) is 1. The van der Waals surface area contributed by atoms with Crippen molar-refractivity contribution in [3.8, 4) is 0 Å². The third-order valence-corrected chi connectivity index (χ3v) is 5.82. The number of aromatic amines is 1. The lowest BCUT2D eigenvalue weighted by Crippen LogP contribution is -2.52. The minimum atomic E-state index is -3.49. The highest BCUT2D eigenvalue weighted by atomic mass is 32.2. The second kappa shape index (κ2) is 6.87. The average molecular weight is 315 g/mol. The Kier molecular flexibility index (Phi) is 5.37. The lowest BCUT2D eigenvalue weighted by molar-refractivity contribution is 0.159. The van der Waals surface area contributed by atoms with E-state index < -0.39 is 10.0 Å². The van der Waals surface area contributed by atoms with Gasteiger partial charge in [0.15, 0.2) is 5.03 Å². The van der Waals surface area contributed by atoms with E-state index >= 15 is 0 Å². The van der Waals surface area contributed by atoms with Gasteiger partial charge in [-0.3, -0.25) is 5.10 Å². The SMILES string of the molecule is CCCNCc1cn[nH]c1S(=O)(=O)N1CCN(C)C(C)C1. The highest BCUT2D eigenvalue weighted by Gasteiger charge is 2.33. The molecule has 1 aliphatic heterocycles. The van der Waals surface area contributed by atoms with Crippen LogP contribution in [0.1, 0.15) is 25.8 Å². The summed E-state index contributed by atoms with van der Waals surface area (Å²) in [5.74, 6) is 0. The predicted octanol–water partition coefficient (Wildman–Crippen LogP) is 0.234. The second-order valence-corrected chi connectivity index (χ2v) is 7.47. The molecular weight excluding hydrogens is 290 g/mol. The summed E-state index contributed by atoms with van der Waals surface area (Å²) in [6, 6.07) is 0.220. The van der Waals surface area contributed by atoms with Gasteiger partial charge in [-0.25, -0.2) is 8.42 Å². The molecule has 0 aromatic carbocycles. The number of piperazine rings is 1. The Bertz CT molecular complexity index is 557. The first-order chi connectivity index (χ1) is 9.96. The first-order valence-electron chi connectivity index (χ1n) is 7.40. The van der Waals surface area contributed by atoms with Crippen molar-refractivity contribution in [1.29, 1.82) is 0 Å². The molecule has 1 aliphatic rings. The smallest absolute Gasteiger partial charge is 0.260 e. The van der Waals surface area contributed by atoms with Gasteiger partial charge in [-0.15, -0.1) is 0 Å². The monoisotopic (exact) mass is 315 g/mol. The molecule has 8 heteroatoms. The topological polar surface area (TPSA) is 81.3 Å². The van der Waals surface area contributed by atoms with Crippen molar-refractivity contribution in [1.82, 2.24) is 24.7 Å². The Labute approximate surface area is 126 Å². The van der Waals surface area contributed by atoms with Crippen LogP contribution in [0.25, 0.3) is 0 Å². The van der Waals surface area contributed by atoms with Gasteiger partial charge in [0.05, 0.1) is 6.20 Å². The van der Waals surface area contributed by atoms with Crippen molar-refractivity contribution in [3.63, 3.8) is 0 Å². The molecule has 1 unspecified atom stereocenters. The van der Waals surface area contributed by atoms with Gasteiger partial charge in [0.2, 0.25) is 0 Å². The van der Waals surface area contributed by atoms with Crippen molar-refractivity contribution in [3.05, 3.63) is 11.8 Å². The number of aromatic nitrogens is 2. The van der Waals surface area contributed by atoms with Gasteiger partial charge in [0.1, 0.15) is 0 Å². The van der Waals surface area contributed by atoms with E-state index in [2.05, 4.69) is 27.3 Å². The molecule has 1 aromatic heterocycles. The number of H-pyrrole nitrogens is 1. The largest absolute Gasteiger partial charge is 0.313 e. The van der Waals surface area contributed by atoms with E-state index in [0.717, 1.165) is 19.5 Å². The Hall–Kier alpha value is -0.960. The molecule has 2 N–H and O–H groups in total. The molecule has 0 aliphatic carbocycles. The van der Waals surface area contributed by atoms with Crippen LogP contribution in [0.4, 0.5) is 0 Å². The maximum atomic E-state index is 12.8. The van der Waals surface area contributed by atoms with Crippen molar-refractivity contribution >= 4 is 10.0 Å². The molecule has 2 heterocycles. The average Bonchev–Trinajstić information content (AvgIpc) is 2.91. The summed E-state index contributed by atoms with van der Waals surface area (Å²) in [6.07, 6.45) is 2.60. The summed E-state index contributed by atoms with van der Waals surface area (Å²) in [5, 5.41) is 10.0. The summed E-state index contributed by atoms with van der Waals surface area (Å²) in [4.78, 5) is 2.17. The van der Waals surface area contributed by atoms with E-state index in [-0.39, 0.29) is 11.1 Å². The molecule has 120 valence electrons. The number of hydrogen-bond acceptors (Lipinski definition) is 5. The molecule has 0 bridgehead atoms. The number of rotatable bonds is 6. The number of hydrogen-bond donors (Lipinski definition) is 2. The third-order valence-electron chi connectivity index (χ3n) is 3.94. The summed E-state index contributed by atoms with van der Waals surface area (Å²) in [6.45, 7) is 7.27. The van der Waals surface area contributed by atoms with Crippen LogP contribution in [0, 0.1) is 0 Å². The van der Waals surface area contributed by atoms with E-state index in [4.69, 9.17) is 0 Å². The molecule has 1 aromatic rings. The van der Waals surface area contributed by atoms with Crippen LogP contribution in [-0.2, 0) is 16.6 Å². The summed E-state index contributed by atoms with van der Waals surface area (Å²) in [7, 11) is -1.48. The number of sulfonamides is 1. The van der Waals surface area contributed by atoms with Crippen LogP contribution in [0.5, 0.6) is 0 Å². The van der Waals surface area contributed by atoms with Crippen LogP contribution in [0.2, 0.25) is 0 Å². The van der Waals surface area contributed by atoms with Crippen molar-refractivity contribution < 1.29 is 8.42 Å². The molecule has 1 fully saturated rings. The maximum absolute atomic E-state index is 12.8. The van der Waals surface area contributed by atoms with Gasteiger partial charge < -0.3 is 10.2 Å². The zero-order valence-corrected chi connectivity index (χ0v) is 13.8. The van der Waals surface area contributed by atoms with Crippen LogP contribution < -0.4 is 5.32 Å². The van der Waals surface area contributed by atoms with Gasteiger partial charge in [-0.2, -0.15) is 9.40 Å². The summed E-state index contributed by atoms with van der Waals surface area (Å²) in [5.41, 5.74) is 0.704. The predicted molar refractivity (Wildman–Crippen MR) is 81.4 cm³/mol. The minimum Gasteiger partial charge on any atom is -0.313 e. The fourth-order valence-electron chi connectivity index (χ4n) is 2.41. The Balaban J connectivity index is 2.14. The van der Waals surface area contributed by atoms with E-state index in [9.17, 15) is 8.42 Å². The van der Waals surface area contributed by atoms with Crippen molar-refractivity contribution in [2.75, 3.05) is 33.2 Å². The summed E-state index contributed by atoms with van der Waals surface area (Å²) < 4.78 is 27.1. The molecule has 0 spiro atoms. The zero-order chi connectivity index (χ0) is 15.5. The lowest BCUT2D eigenvalue weighted by atomic mass is 10.2.